The third kappa shape index (κ3) is 2.94. The number of carbonyl (C=O) groups excluding carboxylic acids is 1. The maximum atomic E-state index is 12.9. The van der Waals surface area contributed by atoms with Gasteiger partial charge >= 0.3 is 0 Å². The summed E-state index contributed by atoms with van der Waals surface area (Å²) in [6.07, 6.45) is 12.7. The highest BCUT2D eigenvalue weighted by Crippen LogP contribution is 2.60. The van der Waals surface area contributed by atoms with E-state index < -0.39 is 0 Å². The van der Waals surface area contributed by atoms with Crippen molar-refractivity contribution in [2.75, 3.05) is 0 Å². The van der Waals surface area contributed by atoms with Crippen LogP contribution in [0.15, 0.2) is 36.8 Å². The molecule has 4 saturated carbocycles. The highest BCUT2D eigenvalue weighted by atomic mass is 16.1. The van der Waals surface area contributed by atoms with Crippen LogP contribution in [0.25, 0.3) is 10.9 Å². The number of aromatic nitrogens is 5. The minimum absolute atomic E-state index is 0.0576. The van der Waals surface area contributed by atoms with Gasteiger partial charge in [0.2, 0.25) is 5.91 Å². The van der Waals surface area contributed by atoms with Gasteiger partial charge in [0, 0.05) is 29.1 Å². The van der Waals surface area contributed by atoms with Crippen LogP contribution in [-0.4, -0.2) is 36.6 Å². The number of carbonyl (C=O) groups is 1. The quantitative estimate of drug-likeness (QED) is 0.659. The smallest absolute Gasteiger partial charge is 0.220 e. The number of fused-ring (bicyclic) bond motifs is 1. The summed E-state index contributed by atoms with van der Waals surface area (Å²) in [5.74, 6) is 1.51. The van der Waals surface area contributed by atoms with Gasteiger partial charge in [-0.05, 0) is 80.0 Å². The average Bonchev–Trinajstić information content (AvgIpc) is 3.37. The standard InChI is InChI=1S/C23H28N6O/c30-21(7-3-4-18-13-24-20-6-2-1-5-19(18)20)27-22-9-16-8-17(10-22)12-23(11-16,14-22)29-26-15-25-28-29/h1-2,5-6,13,15-17,24H,3-4,7-12,14H2,(H,27,30). The molecule has 2 unspecified atom stereocenters. The number of nitrogens with zero attached hydrogens (tertiary/aromatic N) is 4. The van der Waals surface area contributed by atoms with Gasteiger partial charge in [-0.3, -0.25) is 4.79 Å². The molecule has 1 aromatic carbocycles. The minimum atomic E-state index is -0.0877. The van der Waals surface area contributed by atoms with E-state index in [1.165, 1.54) is 23.7 Å². The van der Waals surface area contributed by atoms with E-state index in [2.05, 4.69) is 50.1 Å². The number of aryl methyl sites for hydroxylation is 1. The largest absolute Gasteiger partial charge is 0.361 e. The summed E-state index contributed by atoms with van der Waals surface area (Å²) in [4.78, 5) is 18.1. The van der Waals surface area contributed by atoms with Crippen molar-refractivity contribution in [1.82, 2.24) is 30.5 Å². The molecule has 4 fully saturated rings. The molecule has 2 atom stereocenters. The molecule has 1 amide bonds. The molecule has 0 spiro atoms. The SMILES string of the molecule is O=C(CCCc1c[nH]c2ccccc12)NC12CC3CC(C1)CC(n1ncnn1)(C3)C2. The van der Waals surface area contributed by atoms with Crippen molar-refractivity contribution < 1.29 is 4.79 Å². The van der Waals surface area contributed by atoms with E-state index in [1.54, 1.807) is 0 Å². The number of tetrazole rings is 1. The molecule has 0 aliphatic heterocycles. The van der Waals surface area contributed by atoms with Gasteiger partial charge in [0.1, 0.15) is 0 Å². The van der Waals surface area contributed by atoms with E-state index in [1.807, 2.05) is 10.9 Å². The molecule has 156 valence electrons. The van der Waals surface area contributed by atoms with Gasteiger partial charge in [0.25, 0.3) is 0 Å². The molecule has 4 aliphatic carbocycles. The van der Waals surface area contributed by atoms with Crippen molar-refractivity contribution in [1.29, 1.82) is 0 Å². The first kappa shape index (κ1) is 18.1. The minimum Gasteiger partial charge on any atom is -0.361 e. The molecule has 7 nitrogen and oxygen atoms in total. The highest BCUT2D eigenvalue weighted by molar-refractivity contribution is 5.83. The van der Waals surface area contributed by atoms with Gasteiger partial charge in [-0.2, -0.15) is 4.80 Å². The van der Waals surface area contributed by atoms with Crippen molar-refractivity contribution in [3.63, 3.8) is 0 Å². The summed E-state index contributed by atoms with van der Waals surface area (Å²) in [6, 6.07) is 8.36. The van der Waals surface area contributed by atoms with E-state index in [0.29, 0.717) is 18.3 Å². The van der Waals surface area contributed by atoms with Crippen LogP contribution in [0.4, 0.5) is 0 Å². The fraction of sp³-hybridized carbons (Fsp3) is 0.565. The molecule has 2 aromatic heterocycles. The van der Waals surface area contributed by atoms with Gasteiger partial charge in [0.15, 0.2) is 6.33 Å². The number of hydrogen-bond acceptors (Lipinski definition) is 4. The summed E-state index contributed by atoms with van der Waals surface area (Å²) >= 11 is 0. The topological polar surface area (TPSA) is 88.5 Å². The molecule has 7 heteroatoms. The molecule has 2 N–H and O–H groups in total. The van der Waals surface area contributed by atoms with Gasteiger partial charge in [0.05, 0.1) is 5.54 Å². The highest BCUT2D eigenvalue weighted by Gasteiger charge is 2.60. The zero-order chi connectivity index (χ0) is 20.2. The van der Waals surface area contributed by atoms with E-state index in [-0.39, 0.29) is 17.0 Å². The van der Waals surface area contributed by atoms with Crippen molar-refractivity contribution in [3.8, 4) is 0 Å². The summed E-state index contributed by atoms with van der Waals surface area (Å²) in [7, 11) is 0. The summed E-state index contributed by atoms with van der Waals surface area (Å²) in [6.45, 7) is 0. The Labute approximate surface area is 175 Å². The maximum absolute atomic E-state index is 12.9. The van der Waals surface area contributed by atoms with Gasteiger partial charge in [-0.1, -0.05) is 18.2 Å². The van der Waals surface area contributed by atoms with Crippen LogP contribution in [0.5, 0.6) is 0 Å². The predicted octanol–water partition coefficient (Wildman–Crippen LogP) is 3.34. The van der Waals surface area contributed by atoms with E-state index in [9.17, 15) is 4.79 Å². The second-order valence-corrected chi connectivity index (χ2v) is 9.95. The molecule has 7 rings (SSSR count). The molecule has 3 aromatic rings. The first-order chi connectivity index (χ1) is 14.6. The Kier molecular flexibility index (Phi) is 4.01. The molecular formula is C23H28N6O. The molecule has 2 heterocycles. The summed E-state index contributed by atoms with van der Waals surface area (Å²) < 4.78 is 0. The fourth-order valence-electron chi connectivity index (χ4n) is 7.11. The van der Waals surface area contributed by atoms with Gasteiger partial charge < -0.3 is 10.3 Å². The van der Waals surface area contributed by atoms with E-state index >= 15 is 0 Å². The zero-order valence-electron chi connectivity index (χ0n) is 17.2. The van der Waals surface area contributed by atoms with Crippen LogP contribution in [0.1, 0.15) is 56.9 Å². The Morgan fingerprint density at radius 3 is 2.83 bits per heavy atom. The predicted molar refractivity (Wildman–Crippen MR) is 113 cm³/mol. The number of benzene rings is 1. The first-order valence-corrected chi connectivity index (χ1v) is 11.2. The third-order valence-corrected chi connectivity index (χ3v) is 7.73. The second kappa shape index (κ2) is 6.65. The van der Waals surface area contributed by atoms with Gasteiger partial charge in [-0.25, -0.2) is 0 Å². The van der Waals surface area contributed by atoms with Crippen molar-refractivity contribution in [2.45, 2.75) is 68.9 Å². The fourth-order valence-corrected chi connectivity index (χ4v) is 7.11. The number of rotatable bonds is 6. The summed E-state index contributed by atoms with van der Waals surface area (Å²) in [5.41, 5.74) is 2.31. The number of nitrogens with one attached hydrogen (secondary N) is 2. The number of amides is 1. The van der Waals surface area contributed by atoms with Crippen LogP contribution in [0, 0.1) is 11.8 Å². The maximum Gasteiger partial charge on any atom is 0.220 e. The van der Waals surface area contributed by atoms with Crippen molar-refractivity contribution in [2.24, 2.45) is 11.8 Å². The third-order valence-electron chi connectivity index (χ3n) is 7.73. The molecule has 0 saturated heterocycles. The molecule has 0 radical (unpaired) electrons. The Morgan fingerprint density at radius 1 is 1.20 bits per heavy atom. The van der Waals surface area contributed by atoms with Gasteiger partial charge in [-0.15, -0.1) is 10.2 Å². The lowest BCUT2D eigenvalue weighted by Gasteiger charge is -2.61. The Hall–Kier alpha value is -2.70. The van der Waals surface area contributed by atoms with Crippen LogP contribution in [-0.2, 0) is 16.8 Å². The number of para-hydroxylation sites is 1. The van der Waals surface area contributed by atoms with Crippen LogP contribution in [0.2, 0.25) is 0 Å². The average molecular weight is 405 g/mol. The Balaban J connectivity index is 1.12. The molecule has 4 bridgehead atoms. The lowest BCUT2D eigenvalue weighted by atomic mass is 9.50. The van der Waals surface area contributed by atoms with Crippen LogP contribution in [0.3, 0.4) is 0 Å². The van der Waals surface area contributed by atoms with Crippen LogP contribution >= 0.6 is 0 Å². The molecular weight excluding hydrogens is 376 g/mol. The lowest BCUT2D eigenvalue weighted by molar-refractivity contribution is -0.131. The van der Waals surface area contributed by atoms with Crippen molar-refractivity contribution >= 4 is 16.8 Å². The van der Waals surface area contributed by atoms with E-state index in [0.717, 1.165) is 50.5 Å². The number of hydrogen-bond donors (Lipinski definition) is 2. The second-order valence-electron chi connectivity index (χ2n) is 9.95. The number of H-pyrrole nitrogens is 1. The molecule has 30 heavy (non-hydrogen) atoms. The van der Waals surface area contributed by atoms with Crippen LogP contribution < -0.4 is 5.32 Å². The first-order valence-electron chi connectivity index (χ1n) is 11.2. The zero-order valence-corrected chi connectivity index (χ0v) is 17.2. The lowest BCUT2D eigenvalue weighted by Crippen LogP contribution is -2.66. The monoisotopic (exact) mass is 404 g/mol. The van der Waals surface area contributed by atoms with Crippen molar-refractivity contribution in [3.05, 3.63) is 42.4 Å². The summed E-state index contributed by atoms with van der Waals surface area (Å²) in [5, 5.41) is 17.4. The van der Waals surface area contributed by atoms with E-state index in [4.69, 9.17) is 0 Å². The normalized spacial score (nSPS) is 32.0. The molecule has 4 aliphatic rings. The Bertz CT molecular complexity index is 1060. The number of aromatic amines is 1. The Morgan fingerprint density at radius 2 is 2.03 bits per heavy atom.